The molecule has 0 spiro atoms. The highest BCUT2D eigenvalue weighted by atomic mass is 35.5. The normalized spacial score (nSPS) is 11.0. The van der Waals surface area contributed by atoms with Crippen molar-refractivity contribution in [3.05, 3.63) is 55.9 Å². The predicted octanol–water partition coefficient (Wildman–Crippen LogP) is 4.31. The van der Waals surface area contributed by atoms with Crippen molar-refractivity contribution in [3.8, 4) is 0 Å². The number of amides is 1. The summed E-state index contributed by atoms with van der Waals surface area (Å²) in [5.41, 5.74) is 5.50. The first-order chi connectivity index (χ1) is 12.5. The molecule has 0 atom stereocenters. The number of nitrogens with one attached hydrogen (secondary N) is 2. The number of hydrogen-bond donors (Lipinski definition) is 2. The van der Waals surface area contributed by atoms with Crippen molar-refractivity contribution >= 4 is 57.2 Å². The number of nitrogens with zero attached hydrogens (tertiary/aromatic N) is 3. The van der Waals surface area contributed by atoms with E-state index in [-0.39, 0.29) is 12.3 Å². The fourth-order valence-corrected chi connectivity index (χ4v) is 3.85. The Kier molecular flexibility index (Phi) is 5.97. The van der Waals surface area contributed by atoms with Gasteiger partial charge in [0, 0.05) is 16.8 Å². The number of anilines is 2. The summed E-state index contributed by atoms with van der Waals surface area (Å²) >= 11 is 8.94. The van der Waals surface area contributed by atoms with Gasteiger partial charge in [0.15, 0.2) is 10.3 Å². The second kappa shape index (κ2) is 8.39. The molecule has 1 aromatic carbocycles. The van der Waals surface area contributed by atoms with E-state index in [1.54, 1.807) is 0 Å². The zero-order chi connectivity index (χ0) is 18.5. The highest BCUT2D eigenvalue weighted by Gasteiger charge is 2.09. The van der Waals surface area contributed by atoms with Gasteiger partial charge in [-0.2, -0.15) is 5.10 Å². The zero-order valence-corrected chi connectivity index (χ0v) is 16.5. The Bertz CT molecular complexity index is 933. The molecule has 3 aromatic rings. The molecule has 0 saturated carbocycles. The molecule has 0 aliphatic heterocycles. The lowest BCUT2D eigenvalue weighted by Crippen LogP contribution is -2.19. The van der Waals surface area contributed by atoms with Gasteiger partial charge >= 0.3 is 0 Å². The molecule has 0 aliphatic carbocycles. The van der Waals surface area contributed by atoms with E-state index in [9.17, 15) is 4.79 Å². The molecule has 134 valence electrons. The number of benzene rings is 1. The van der Waals surface area contributed by atoms with Gasteiger partial charge in [-0.25, -0.2) is 15.4 Å². The summed E-state index contributed by atoms with van der Waals surface area (Å²) in [7, 11) is 0. The Morgan fingerprint density at radius 1 is 1.27 bits per heavy atom. The van der Waals surface area contributed by atoms with Crippen LogP contribution in [0.2, 0.25) is 5.15 Å². The van der Waals surface area contributed by atoms with Crippen molar-refractivity contribution in [2.75, 3.05) is 5.32 Å². The lowest BCUT2D eigenvalue weighted by atomic mass is 10.2. The molecule has 0 saturated heterocycles. The first-order valence-electron chi connectivity index (χ1n) is 7.72. The Balaban J connectivity index is 1.57. The van der Waals surface area contributed by atoms with Crippen molar-refractivity contribution in [3.63, 3.8) is 0 Å². The van der Waals surface area contributed by atoms with Crippen molar-refractivity contribution in [1.82, 2.24) is 15.4 Å². The highest BCUT2D eigenvalue weighted by molar-refractivity contribution is 7.17. The van der Waals surface area contributed by atoms with Gasteiger partial charge in [-0.1, -0.05) is 40.6 Å². The number of aromatic nitrogens is 2. The minimum absolute atomic E-state index is 0.201. The average molecular weight is 406 g/mol. The van der Waals surface area contributed by atoms with E-state index in [2.05, 4.69) is 25.8 Å². The van der Waals surface area contributed by atoms with Crippen LogP contribution in [0.4, 0.5) is 10.8 Å². The Labute approximate surface area is 164 Å². The van der Waals surface area contributed by atoms with Gasteiger partial charge in [0.2, 0.25) is 5.91 Å². The maximum Gasteiger partial charge on any atom is 0.246 e. The van der Waals surface area contributed by atoms with E-state index in [1.165, 1.54) is 34.5 Å². The summed E-state index contributed by atoms with van der Waals surface area (Å²) in [6, 6.07) is 7.97. The molecular formula is C17H16ClN5OS2. The number of aryl methyl sites for hydroxylation is 2. The molecule has 2 N–H and O–H groups in total. The lowest BCUT2D eigenvalue weighted by Gasteiger charge is -2.01. The number of carbonyl (C=O) groups is 1. The van der Waals surface area contributed by atoms with Crippen LogP contribution in [0.25, 0.3) is 0 Å². The van der Waals surface area contributed by atoms with E-state index in [0.29, 0.717) is 15.2 Å². The number of thiazole rings is 2. The summed E-state index contributed by atoms with van der Waals surface area (Å²) in [5.74, 6) is -0.228. The monoisotopic (exact) mass is 405 g/mol. The van der Waals surface area contributed by atoms with Gasteiger partial charge < -0.3 is 5.32 Å². The average Bonchev–Trinajstić information content (AvgIpc) is 3.15. The molecule has 0 unspecified atom stereocenters. The third kappa shape index (κ3) is 5.10. The number of hydrazone groups is 1. The maximum absolute atomic E-state index is 11.9. The molecule has 2 heterocycles. The molecule has 0 bridgehead atoms. The van der Waals surface area contributed by atoms with Crippen LogP contribution in [-0.4, -0.2) is 22.1 Å². The van der Waals surface area contributed by atoms with E-state index in [4.69, 9.17) is 11.6 Å². The smallest absolute Gasteiger partial charge is 0.246 e. The highest BCUT2D eigenvalue weighted by Crippen LogP contribution is 2.28. The molecule has 3 rings (SSSR count). The molecule has 0 aliphatic rings. The van der Waals surface area contributed by atoms with Crippen molar-refractivity contribution in [2.24, 2.45) is 5.10 Å². The van der Waals surface area contributed by atoms with E-state index in [1.807, 2.05) is 43.5 Å². The van der Waals surface area contributed by atoms with Crippen molar-refractivity contribution in [1.29, 1.82) is 0 Å². The molecule has 2 aromatic heterocycles. The molecule has 1 amide bonds. The molecule has 6 nitrogen and oxygen atoms in total. The second-order valence-electron chi connectivity index (χ2n) is 5.52. The Morgan fingerprint density at radius 3 is 2.73 bits per heavy atom. The number of carbonyl (C=O) groups excluding carboxylic acids is 1. The predicted molar refractivity (Wildman–Crippen MR) is 108 cm³/mol. The molecule has 0 radical (unpaired) electrons. The van der Waals surface area contributed by atoms with Crippen LogP contribution in [-0.2, 0) is 11.2 Å². The summed E-state index contributed by atoms with van der Waals surface area (Å²) in [5, 5.41) is 10.8. The van der Waals surface area contributed by atoms with Crippen LogP contribution in [0, 0.1) is 13.8 Å². The first-order valence-corrected chi connectivity index (χ1v) is 9.80. The zero-order valence-electron chi connectivity index (χ0n) is 14.1. The van der Waals surface area contributed by atoms with E-state index < -0.39 is 0 Å². The number of rotatable bonds is 6. The lowest BCUT2D eigenvalue weighted by molar-refractivity contribution is -0.120. The van der Waals surface area contributed by atoms with Gasteiger partial charge in [-0.05, 0) is 26.0 Å². The summed E-state index contributed by atoms with van der Waals surface area (Å²) in [6.07, 6.45) is 1.69. The van der Waals surface area contributed by atoms with E-state index in [0.717, 1.165) is 16.4 Å². The minimum atomic E-state index is -0.228. The van der Waals surface area contributed by atoms with Crippen LogP contribution < -0.4 is 10.7 Å². The Hall–Kier alpha value is -2.29. The molecule has 0 fully saturated rings. The van der Waals surface area contributed by atoms with Gasteiger partial charge in [0.1, 0.15) is 5.01 Å². The van der Waals surface area contributed by atoms with Crippen LogP contribution >= 0.6 is 34.3 Å². The van der Waals surface area contributed by atoms with Gasteiger partial charge in [0.25, 0.3) is 0 Å². The van der Waals surface area contributed by atoms with Crippen LogP contribution in [0.1, 0.15) is 21.1 Å². The molecule has 26 heavy (non-hydrogen) atoms. The number of halogens is 1. The van der Waals surface area contributed by atoms with Gasteiger partial charge in [0.05, 0.1) is 17.5 Å². The van der Waals surface area contributed by atoms with Crippen molar-refractivity contribution in [2.45, 2.75) is 20.3 Å². The fraction of sp³-hybridized carbons (Fsp3) is 0.176. The third-order valence-corrected chi connectivity index (χ3v) is 5.53. The largest absolute Gasteiger partial charge is 0.331 e. The Morgan fingerprint density at radius 2 is 2.04 bits per heavy atom. The fourth-order valence-electron chi connectivity index (χ4n) is 2.03. The first kappa shape index (κ1) is 18.5. The number of hydrogen-bond acceptors (Lipinski definition) is 7. The maximum atomic E-state index is 11.9. The quantitative estimate of drug-likeness (QED) is 0.473. The summed E-state index contributed by atoms with van der Waals surface area (Å²) in [6.45, 7) is 3.92. The van der Waals surface area contributed by atoms with Crippen LogP contribution in [0.3, 0.4) is 0 Å². The molecule has 9 heteroatoms. The van der Waals surface area contributed by atoms with Crippen molar-refractivity contribution < 1.29 is 4.79 Å². The second-order valence-corrected chi connectivity index (χ2v) is 7.85. The SMILES string of the molecule is Cc1ccc(Nc2nc(Cl)c(/C=N/NC(=O)Cc3nc(C)cs3)s2)cc1. The minimum Gasteiger partial charge on any atom is -0.331 e. The van der Waals surface area contributed by atoms with E-state index >= 15 is 0 Å². The summed E-state index contributed by atoms with van der Waals surface area (Å²) in [4.78, 5) is 21.0. The topological polar surface area (TPSA) is 79.3 Å². The summed E-state index contributed by atoms with van der Waals surface area (Å²) < 4.78 is 0. The standard InChI is InChI=1S/C17H16ClN5OS2/c1-10-3-5-12(6-4-10)21-17-22-16(18)13(26-17)8-19-23-14(24)7-15-20-11(2)9-25-15/h3-6,8-9H,7H2,1-2H3,(H,21,22)(H,23,24)/b19-8+. The van der Waals surface area contributed by atoms with Gasteiger partial charge in [-0.15, -0.1) is 11.3 Å². The third-order valence-electron chi connectivity index (χ3n) is 3.26. The van der Waals surface area contributed by atoms with Gasteiger partial charge in [-0.3, -0.25) is 4.79 Å². The molecular weight excluding hydrogens is 390 g/mol. The van der Waals surface area contributed by atoms with Crippen LogP contribution in [0.15, 0.2) is 34.7 Å². The van der Waals surface area contributed by atoms with Crippen LogP contribution in [0.5, 0.6) is 0 Å².